The molecule has 2 aromatic carbocycles. The van der Waals surface area contributed by atoms with Crippen molar-refractivity contribution in [1.82, 2.24) is 0 Å². The molecule has 0 bridgehead atoms. The number of halogens is 4. The summed E-state index contributed by atoms with van der Waals surface area (Å²) < 4.78 is 55.2. The van der Waals surface area contributed by atoms with E-state index in [1.807, 2.05) is 0 Å². The first-order valence-corrected chi connectivity index (χ1v) is 6.32. The van der Waals surface area contributed by atoms with Crippen LogP contribution in [0.1, 0.15) is 5.56 Å². The molecule has 0 saturated carbocycles. The van der Waals surface area contributed by atoms with E-state index >= 15 is 0 Å². The molecule has 0 aliphatic heterocycles. The quantitative estimate of drug-likeness (QED) is 0.665. The Labute approximate surface area is 128 Å². The largest absolute Gasteiger partial charge is 0.573 e. The van der Waals surface area contributed by atoms with E-state index < -0.39 is 23.9 Å². The Hall–Kier alpha value is -2.83. The molecule has 120 valence electrons. The highest BCUT2D eigenvalue weighted by atomic mass is 19.4. The van der Waals surface area contributed by atoms with Crippen LogP contribution in [0.15, 0.2) is 48.5 Å². The van der Waals surface area contributed by atoms with Gasteiger partial charge in [0.15, 0.2) is 0 Å². The van der Waals surface area contributed by atoms with Gasteiger partial charge in [-0.05, 0) is 23.8 Å². The van der Waals surface area contributed by atoms with Crippen LogP contribution in [0.2, 0.25) is 0 Å². The zero-order valence-corrected chi connectivity index (χ0v) is 11.5. The summed E-state index contributed by atoms with van der Waals surface area (Å²) in [4.78, 5) is 10.4. The molecule has 0 spiro atoms. The minimum atomic E-state index is -4.89. The third-order valence-corrected chi connectivity index (χ3v) is 2.81. The molecule has 0 radical (unpaired) electrons. The van der Waals surface area contributed by atoms with Crippen LogP contribution in [0.3, 0.4) is 0 Å². The van der Waals surface area contributed by atoms with Gasteiger partial charge in [0, 0.05) is 17.2 Å². The summed E-state index contributed by atoms with van der Waals surface area (Å²) >= 11 is 0. The van der Waals surface area contributed by atoms with Crippen molar-refractivity contribution in [3.63, 3.8) is 0 Å². The predicted molar refractivity (Wildman–Crippen MR) is 75.2 cm³/mol. The van der Waals surface area contributed by atoms with Crippen molar-refractivity contribution in [2.75, 3.05) is 0 Å². The normalized spacial score (nSPS) is 11.7. The number of rotatable bonds is 4. The van der Waals surface area contributed by atoms with Crippen LogP contribution in [0.25, 0.3) is 17.2 Å². The van der Waals surface area contributed by atoms with Crippen molar-refractivity contribution in [3.8, 4) is 16.9 Å². The smallest absolute Gasteiger partial charge is 0.478 e. The third kappa shape index (κ3) is 4.57. The Bertz CT molecular complexity index is 751. The number of carboxylic acids is 1. The molecule has 0 unspecified atom stereocenters. The van der Waals surface area contributed by atoms with E-state index in [0.29, 0.717) is 0 Å². The summed E-state index contributed by atoms with van der Waals surface area (Å²) in [5.74, 6) is -2.51. The first-order valence-electron chi connectivity index (χ1n) is 6.32. The maximum absolute atomic E-state index is 14.2. The van der Waals surface area contributed by atoms with Gasteiger partial charge in [-0.15, -0.1) is 13.2 Å². The van der Waals surface area contributed by atoms with Gasteiger partial charge in [0.25, 0.3) is 0 Å². The first kappa shape index (κ1) is 16.5. The summed E-state index contributed by atoms with van der Waals surface area (Å²) in [6, 6.07) is 8.85. The number of hydrogen-bond acceptors (Lipinski definition) is 2. The first-order chi connectivity index (χ1) is 10.8. The summed E-state index contributed by atoms with van der Waals surface area (Å²) in [7, 11) is 0. The lowest BCUT2D eigenvalue weighted by Gasteiger charge is -2.14. The minimum Gasteiger partial charge on any atom is -0.478 e. The van der Waals surface area contributed by atoms with Crippen molar-refractivity contribution in [2.24, 2.45) is 0 Å². The molecule has 7 heteroatoms. The van der Waals surface area contributed by atoms with Crippen LogP contribution in [0, 0.1) is 5.82 Å². The number of carboxylic acid groups (broad SMARTS) is 1. The summed E-state index contributed by atoms with van der Waals surface area (Å²) in [5, 5.41) is 8.52. The van der Waals surface area contributed by atoms with Gasteiger partial charge in [-0.3, -0.25) is 0 Å². The predicted octanol–water partition coefficient (Wildman–Crippen LogP) is 4.49. The Morgan fingerprint density at radius 3 is 2.39 bits per heavy atom. The highest BCUT2D eigenvalue weighted by molar-refractivity contribution is 5.85. The lowest BCUT2D eigenvalue weighted by molar-refractivity contribution is -0.274. The van der Waals surface area contributed by atoms with Crippen LogP contribution in [0.4, 0.5) is 17.6 Å². The Balaban J connectivity index is 2.41. The molecule has 0 fully saturated rings. The van der Waals surface area contributed by atoms with E-state index in [2.05, 4.69) is 4.74 Å². The zero-order chi connectivity index (χ0) is 17.0. The molecule has 0 aromatic heterocycles. The lowest BCUT2D eigenvalue weighted by Crippen LogP contribution is -2.17. The molecule has 0 aliphatic rings. The molecule has 0 aliphatic carbocycles. The van der Waals surface area contributed by atoms with Crippen molar-refractivity contribution in [2.45, 2.75) is 6.36 Å². The van der Waals surface area contributed by atoms with E-state index in [0.717, 1.165) is 18.2 Å². The molecule has 0 atom stereocenters. The highest BCUT2D eigenvalue weighted by Crippen LogP contribution is 2.35. The van der Waals surface area contributed by atoms with Gasteiger partial charge in [-0.1, -0.05) is 30.3 Å². The van der Waals surface area contributed by atoms with E-state index in [1.54, 1.807) is 0 Å². The molecular formula is C16H10F4O3. The summed E-state index contributed by atoms with van der Waals surface area (Å²) in [5.41, 5.74) is 0.122. The number of alkyl halides is 3. The lowest BCUT2D eigenvalue weighted by atomic mass is 10.0. The second-order valence-electron chi connectivity index (χ2n) is 4.45. The van der Waals surface area contributed by atoms with Gasteiger partial charge in [0.05, 0.1) is 0 Å². The van der Waals surface area contributed by atoms with Crippen LogP contribution in [-0.2, 0) is 4.79 Å². The monoisotopic (exact) mass is 326 g/mol. The van der Waals surface area contributed by atoms with E-state index in [9.17, 15) is 22.4 Å². The Morgan fingerprint density at radius 1 is 1.09 bits per heavy atom. The van der Waals surface area contributed by atoms with Crippen LogP contribution in [-0.4, -0.2) is 17.4 Å². The number of benzene rings is 2. The van der Waals surface area contributed by atoms with Crippen LogP contribution >= 0.6 is 0 Å². The van der Waals surface area contributed by atoms with Gasteiger partial charge in [0.1, 0.15) is 11.6 Å². The van der Waals surface area contributed by atoms with Gasteiger partial charge in [-0.25, -0.2) is 9.18 Å². The van der Waals surface area contributed by atoms with Gasteiger partial charge < -0.3 is 9.84 Å². The number of hydrogen-bond donors (Lipinski definition) is 1. The fraction of sp³-hybridized carbons (Fsp3) is 0.0625. The Kier molecular flexibility index (Phi) is 4.68. The molecule has 2 aromatic rings. The molecule has 1 N–H and O–H groups in total. The fourth-order valence-corrected chi connectivity index (χ4v) is 1.92. The van der Waals surface area contributed by atoms with Crippen LogP contribution in [0.5, 0.6) is 5.75 Å². The maximum Gasteiger partial charge on any atom is 0.573 e. The molecule has 0 saturated heterocycles. The third-order valence-electron chi connectivity index (χ3n) is 2.81. The van der Waals surface area contributed by atoms with Gasteiger partial charge in [0.2, 0.25) is 0 Å². The molecular weight excluding hydrogens is 316 g/mol. The average molecular weight is 326 g/mol. The molecule has 0 amide bonds. The van der Waals surface area contributed by atoms with Crippen molar-refractivity contribution < 1.29 is 32.2 Å². The second-order valence-corrected chi connectivity index (χ2v) is 4.45. The topological polar surface area (TPSA) is 46.5 Å². The average Bonchev–Trinajstić information content (AvgIpc) is 2.44. The van der Waals surface area contributed by atoms with Crippen molar-refractivity contribution >= 4 is 12.0 Å². The Morgan fingerprint density at radius 2 is 1.78 bits per heavy atom. The van der Waals surface area contributed by atoms with E-state index in [1.165, 1.54) is 36.4 Å². The van der Waals surface area contributed by atoms with E-state index in [-0.39, 0.29) is 16.7 Å². The van der Waals surface area contributed by atoms with E-state index in [4.69, 9.17) is 5.11 Å². The zero-order valence-electron chi connectivity index (χ0n) is 11.5. The second kappa shape index (κ2) is 6.51. The van der Waals surface area contributed by atoms with Crippen molar-refractivity contribution in [1.29, 1.82) is 0 Å². The molecule has 3 nitrogen and oxygen atoms in total. The standard InChI is InChI=1S/C16H10F4O3/c17-13-9-10(6-8-15(21)22)5-7-11(13)12-3-1-2-4-14(12)23-16(18,19)20/h1-9H,(H,21,22)/b8-6+. The summed E-state index contributed by atoms with van der Waals surface area (Å²) in [6.45, 7) is 0. The van der Waals surface area contributed by atoms with Gasteiger partial charge in [-0.2, -0.15) is 0 Å². The number of carbonyl (C=O) groups is 1. The molecule has 2 rings (SSSR count). The molecule has 23 heavy (non-hydrogen) atoms. The SMILES string of the molecule is O=C(O)/C=C/c1ccc(-c2ccccc2OC(F)(F)F)c(F)c1. The number of para-hydroxylation sites is 1. The van der Waals surface area contributed by atoms with Gasteiger partial charge >= 0.3 is 12.3 Å². The maximum atomic E-state index is 14.2. The number of aliphatic carboxylic acids is 1. The fourth-order valence-electron chi connectivity index (χ4n) is 1.92. The number of ether oxygens (including phenoxy) is 1. The summed E-state index contributed by atoms with van der Waals surface area (Å²) in [6.07, 6.45) is -2.89. The van der Waals surface area contributed by atoms with Crippen LogP contribution < -0.4 is 4.74 Å². The van der Waals surface area contributed by atoms with Crippen molar-refractivity contribution in [3.05, 3.63) is 59.9 Å². The highest BCUT2D eigenvalue weighted by Gasteiger charge is 2.32. The minimum absolute atomic E-state index is 0.0592. The molecule has 0 heterocycles.